The summed E-state index contributed by atoms with van der Waals surface area (Å²) >= 11 is 0. The van der Waals surface area contributed by atoms with Crippen LogP contribution in [0.15, 0.2) is 48.5 Å². The van der Waals surface area contributed by atoms with Crippen LogP contribution in [0.25, 0.3) is 0 Å². The zero-order chi connectivity index (χ0) is 17.9. The van der Waals surface area contributed by atoms with E-state index in [4.69, 9.17) is 4.74 Å². The molecule has 5 heteroatoms. The first-order chi connectivity index (χ1) is 12.0. The van der Waals surface area contributed by atoms with Crippen molar-refractivity contribution in [3.63, 3.8) is 0 Å². The van der Waals surface area contributed by atoms with E-state index in [2.05, 4.69) is 10.6 Å². The van der Waals surface area contributed by atoms with E-state index in [1.165, 1.54) is 6.07 Å². The number of rotatable bonds is 4. The molecule has 25 heavy (non-hydrogen) atoms. The van der Waals surface area contributed by atoms with Crippen LogP contribution in [-0.4, -0.2) is 19.2 Å². The van der Waals surface area contributed by atoms with Gasteiger partial charge in [0.05, 0.1) is 12.6 Å². The number of carbonyl (C=O) groups excluding carboxylic acids is 1. The molecule has 1 atom stereocenters. The molecule has 1 heterocycles. The van der Waals surface area contributed by atoms with Crippen molar-refractivity contribution in [3.05, 3.63) is 65.5 Å². The number of hydrogen-bond donors (Lipinski definition) is 2. The largest absolute Gasteiger partial charge is 0.493 e. The Morgan fingerprint density at radius 1 is 1.20 bits per heavy atom. The quantitative estimate of drug-likeness (QED) is 0.885. The number of hydrogen-bond acceptors (Lipinski definition) is 2. The average Bonchev–Trinajstić information content (AvgIpc) is 2.61. The molecule has 1 aliphatic heterocycles. The van der Waals surface area contributed by atoms with Crippen molar-refractivity contribution in [2.75, 3.05) is 13.2 Å². The number of para-hydroxylation sites is 1. The fraction of sp³-hybridized carbons (Fsp3) is 0.350. The third-order valence-electron chi connectivity index (χ3n) is 4.56. The minimum absolute atomic E-state index is 0.0819. The standard InChI is InChI=1S/C20H23FN2O2/c1-20(2,15-8-4-5-9-16(15)21)13-22-19(24)23-17-11-12-25-18-10-6-3-7-14(17)18/h3-10,17H,11-13H2,1-2H3,(H2,22,23,24). The molecule has 1 unspecified atom stereocenters. The number of fused-ring (bicyclic) bond motifs is 1. The highest BCUT2D eigenvalue weighted by Gasteiger charge is 2.26. The van der Waals surface area contributed by atoms with Gasteiger partial charge in [-0.2, -0.15) is 0 Å². The fourth-order valence-electron chi connectivity index (χ4n) is 3.11. The van der Waals surface area contributed by atoms with Crippen LogP contribution in [0, 0.1) is 5.82 Å². The Bertz CT molecular complexity index is 761. The molecule has 0 bridgehead atoms. The lowest BCUT2D eigenvalue weighted by molar-refractivity contribution is 0.221. The second-order valence-electron chi connectivity index (χ2n) is 6.92. The van der Waals surface area contributed by atoms with E-state index in [0.29, 0.717) is 18.7 Å². The fourth-order valence-corrected chi connectivity index (χ4v) is 3.11. The molecular weight excluding hydrogens is 319 g/mol. The number of halogens is 1. The van der Waals surface area contributed by atoms with Crippen LogP contribution in [0.5, 0.6) is 5.75 Å². The minimum atomic E-state index is -0.504. The summed E-state index contributed by atoms with van der Waals surface area (Å²) < 4.78 is 19.6. The molecule has 0 aromatic heterocycles. The van der Waals surface area contributed by atoms with E-state index in [1.807, 2.05) is 38.1 Å². The van der Waals surface area contributed by atoms with E-state index in [9.17, 15) is 9.18 Å². The van der Waals surface area contributed by atoms with Gasteiger partial charge < -0.3 is 15.4 Å². The summed E-state index contributed by atoms with van der Waals surface area (Å²) in [5.74, 6) is 0.554. The van der Waals surface area contributed by atoms with Gasteiger partial charge in [0.2, 0.25) is 0 Å². The third kappa shape index (κ3) is 3.92. The summed E-state index contributed by atoms with van der Waals surface area (Å²) in [4.78, 5) is 12.3. The van der Waals surface area contributed by atoms with E-state index in [0.717, 1.165) is 17.7 Å². The minimum Gasteiger partial charge on any atom is -0.493 e. The van der Waals surface area contributed by atoms with Crippen molar-refractivity contribution in [2.24, 2.45) is 0 Å². The molecule has 0 saturated carbocycles. The smallest absolute Gasteiger partial charge is 0.315 e. The summed E-state index contributed by atoms with van der Waals surface area (Å²) in [5, 5.41) is 5.86. The van der Waals surface area contributed by atoms with Crippen molar-refractivity contribution in [1.29, 1.82) is 0 Å². The predicted octanol–water partition coefficient (Wildman–Crippen LogP) is 3.93. The van der Waals surface area contributed by atoms with E-state index in [-0.39, 0.29) is 17.9 Å². The van der Waals surface area contributed by atoms with E-state index >= 15 is 0 Å². The highest BCUT2D eigenvalue weighted by atomic mass is 19.1. The molecule has 4 nitrogen and oxygen atoms in total. The van der Waals surface area contributed by atoms with Crippen molar-refractivity contribution in [1.82, 2.24) is 10.6 Å². The molecule has 0 spiro atoms. The maximum atomic E-state index is 14.0. The van der Waals surface area contributed by atoms with Crippen LogP contribution in [0.1, 0.15) is 37.4 Å². The number of carbonyl (C=O) groups is 1. The van der Waals surface area contributed by atoms with Gasteiger partial charge in [-0.3, -0.25) is 0 Å². The van der Waals surface area contributed by atoms with Gasteiger partial charge in [-0.1, -0.05) is 50.2 Å². The molecule has 2 aromatic rings. The Labute approximate surface area is 147 Å². The number of benzene rings is 2. The lowest BCUT2D eigenvalue weighted by Gasteiger charge is -2.29. The summed E-state index contributed by atoms with van der Waals surface area (Å²) in [6.45, 7) is 4.73. The van der Waals surface area contributed by atoms with Gasteiger partial charge >= 0.3 is 6.03 Å². The van der Waals surface area contributed by atoms with Gasteiger partial charge in [0.1, 0.15) is 11.6 Å². The SMILES string of the molecule is CC(C)(CNC(=O)NC1CCOc2ccccc21)c1ccccc1F. The van der Waals surface area contributed by atoms with Gasteiger partial charge in [0.15, 0.2) is 0 Å². The summed E-state index contributed by atoms with van der Waals surface area (Å²) in [7, 11) is 0. The van der Waals surface area contributed by atoms with Crippen molar-refractivity contribution in [2.45, 2.75) is 31.7 Å². The topological polar surface area (TPSA) is 50.4 Å². The van der Waals surface area contributed by atoms with Crippen LogP contribution in [0.3, 0.4) is 0 Å². The Hall–Kier alpha value is -2.56. The van der Waals surface area contributed by atoms with Crippen molar-refractivity contribution in [3.8, 4) is 5.75 Å². The molecule has 0 radical (unpaired) electrons. The third-order valence-corrected chi connectivity index (χ3v) is 4.56. The Balaban J connectivity index is 1.61. The number of amides is 2. The molecule has 0 saturated heterocycles. The molecule has 132 valence electrons. The van der Waals surface area contributed by atoms with Crippen LogP contribution in [-0.2, 0) is 5.41 Å². The highest BCUT2D eigenvalue weighted by molar-refractivity contribution is 5.74. The molecule has 2 N–H and O–H groups in total. The molecule has 2 amide bonds. The van der Waals surface area contributed by atoms with Crippen LogP contribution < -0.4 is 15.4 Å². The molecule has 3 rings (SSSR count). The van der Waals surface area contributed by atoms with E-state index < -0.39 is 5.41 Å². The van der Waals surface area contributed by atoms with Gasteiger partial charge in [0.25, 0.3) is 0 Å². The lowest BCUT2D eigenvalue weighted by atomic mass is 9.84. The predicted molar refractivity (Wildman–Crippen MR) is 95.3 cm³/mol. The zero-order valence-electron chi connectivity index (χ0n) is 14.5. The number of ether oxygens (including phenoxy) is 1. The van der Waals surface area contributed by atoms with Gasteiger partial charge in [-0.15, -0.1) is 0 Å². The molecular formula is C20H23FN2O2. The molecule has 0 fully saturated rings. The maximum Gasteiger partial charge on any atom is 0.315 e. The Morgan fingerprint density at radius 3 is 2.72 bits per heavy atom. The molecule has 1 aliphatic rings. The maximum absolute atomic E-state index is 14.0. The monoisotopic (exact) mass is 342 g/mol. The van der Waals surface area contributed by atoms with Crippen LogP contribution in [0.2, 0.25) is 0 Å². The first-order valence-corrected chi connectivity index (χ1v) is 8.48. The second-order valence-corrected chi connectivity index (χ2v) is 6.92. The van der Waals surface area contributed by atoms with Crippen molar-refractivity contribution < 1.29 is 13.9 Å². The highest BCUT2D eigenvalue weighted by Crippen LogP contribution is 2.31. The first kappa shape index (κ1) is 17.3. The van der Waals surface area contributed by atoms with Crippen molar-refractivity contribution >= 4 is 6.03 Å². The van der Waals surface area contributed by atoms with E-state index in [1.54, 1.807) is 18.2 Å². The first-order valence-electron chi connectivity index (χ1n) is 8.48. The van der Waals surface area contributed by atoms with Crippen LogP contribution in [0.4, 0.5) is 9.18 Å². The summed E-state index contributed by atoms with van der Waals surface area (Å²) in [6.07, 6.45) is 0.723. The normalized spacial score (nSPS) is 16.5. The number of urea groups is 1. The molecule has 2 aromatic carbocycles. The Kier molecular flexibility index (Phi) is 4.93. The van der Waals surface area contributed by atoms with Crippen LogP contribution >= 0.6 is 0 Å². The number of nitrogens with one attached hydrogen (secondary N) is 2. The van der Waals surface area contributed by atoms with Gasteiger partial charge in [-0.25, -0.2) is 9.18 Å². The Morgan fingerprint density at radius 2 is 1.92 bits per heavy atom. The average molecular weight is 342 g/mol. The summed E-state index contributed by atoms with van der Waals surface area (Å²) in [5.41, 5.74) is 1.07. The van der Waals surface area contributed by atoms with Gasteiger partial charge in [0, 0.05) is 23.9 Å². The van der Waals surface area contributed by atoms with Gasteiger partial charge in [-0.05, 0) is 17.7 Å². The molecule has 0 aliphatic carbocycles. The second kappa shape index (κ2) is 7.13. The zero-order valence-corrected chi connectivity index (χ0v) is 14.5. The summed E-state index contributed by atoms with van der Waals surface area (Å²) in [6, 6.07) is 14.0. The lowest BCUT2D eigenvalue weighted by Crippen LogP contribution is -2.44.